The van der Waals surface area contributed by atoms with E-state index < -0.39 is 10.0 Å². The maximum absolute atomic E-state index is 12.6. The topological polar surface area (TPSA) is 40.6 Å². The van der Waals surface area contributed by atoms with Crippen LogP contribution in [0.1, 0.15) is 20.3 Å². The molecule has 1 aliphatic heterocycles. The molecule has 0 aromatic heterocycles. The van der Waals surface area contributed by atoms with E-state index in [-0.39, 0.29) is 0 Å². The smallest absolute Gasteiger partial charge is 0.244 e. The summed E-state index contributed by atoms with van der Waals surface area (Å²) in [6.07, 6.45) is 1.09. The number of hydrogen-bond donors (Lipinski definition) is 0. The van der Waals surface area contributed by atoms with Crippen LogP contribution in [0.2, 0.25) is 0 Å². The zero-order valence-corrected chi connectivity index (χ0v) is 14.3. The molecule has 1 aromatic carbocycles. The van der Waals surface area contributed by atoms with Crippen LogP contribution in [0.4, 0.5) is 0 Å². The lowest BCUT2D eigenvalue weighted by Crippen LogP contribution is -2.51. The molecule has 4 nitrogen and oxygen atoms in total. The zero-order valence-electron chi connectivity index (χ0n) is 11.9. The minimum absolute atomic E-state index is 0.358. The average molecular weight is 361 g/mol. The number of benzene rings is 1. The van der Waals surface area contributed by atoms with Crippen LogP contribution >= 0.6 is 15.9 Å². The Morgan fingerprint density at radius 2 is 1.80 bits per heavy atom. The third kappa shape index (κ3) is 3.24. The third-order valence-corrected chi connectivity index (χ3v) is 6.85. The van der Waals surface area contributed by atoms with Crippen LogP contribution in [-0.4, -0.2) is 49.8 Å². The molecule has 0 saturated carbocycles. The van der Waals surface area contributed by atoms with Crippen LogP contribution in [0, 0.1) is 0 Å². The molecule has 112 valence electrons. The van der Waals surface area contributed by atoms with E-state index in [1.54, 1.807) is 22.5 Å². The number of rotatable bonds is 4. The van der Waals surface area contributed by atoms with Gasteiger partial charge in [-0.1, -0.05) is 19.1 Å². The number of hydrogen-bond acceptors (Lipinski definition) is 3. The first-order valence-corrected chi connectivity index (χ1v) is 9.19. The summed E-state index contributed by atoms with van der Waals surface area (Å²) < 4.78 is 27.5. The zero-order chi connectivity index (χ0) is 14.8. The van der Waals surface area contributed by atoms with E-state index in [1.165, 1.54) is 0 Å². The van der Waals surface area contributed by atoms with Gasteiger partial charge in [-0.2, -0.15) is 4.31 Å². The highest BCUT2D eigenvalue weighted by Gasteiger charge is 2.30. The molecule has 1 aliphatic rings. The van der Waals surface area contributed by atoms with Gasteiger partial charge in [-0.3, -0.25) is 4.90 Å². The normalized spacial score (nSPS) is 19.9. The predicted octanol–water partition coefficient (Wildman–Crippen LogP) is 2.55. The summed E-state index contributed by atoms with van der Waals surface area (Å²) in [5, 5.41) is 0. The number of piperazine rings is 1. The molecule has 1 aromatic rings. The van der Waals surface area contributed by atoms with Gasteiger partial charge in [0.1, 0.15) is 0 Å². The minimum Gasteiger partial charge on any atom is -0.298 e. The van der Waals surface area contributed by atoms with Crippen molar-refractivity contribution < 1.29 is 8.42 Å². The molecule has 0 radical (unpaired) electrons. The Balaban J connectivity index is 2.12. The minimum atomic E-state index is -3.39. The van der Waals surface area contributed by atoms with Crippen molar-refractivity contribution in [1.29, 1.82) is 0 Å². The lowest BCUT2D eigenvalue weighted by Gasteiger charge is -2.37. The quantitative estimate of drug-likeness (QED) is 0.828. The lowest BCUT2D eigenvalue weighted by atomic mass is 10.2. The fourth-order valence-electron chi connectivity index (χ4n) is 2.44. The van der Waals surface area contributed by atoms with Crippen LogP contribution in [0.15, 0.2) is 33.6 Å². The molecule has 20 heavy (non-hydrogen) atoms. The van der Waals surface area contributed by atoms with Gasteiger partial charge in [0.25, 0.3) is 0 Å². The van der Waals surface area contributed by atoms with Gasteiger partial charge in [-0.05, 0) is 41.4 Å². The summed E-state index contributed by atoms with van der Waals surface area (Å²) in [5.74, 6) is 0. The largest absolute Gasteiger partial charge is 0.298 e. The summed E-state index contributed by atoms with van der Waals surface area (Å²) in [4.78, 5) is 2.71. The molecular weight excluding hydrogens is 340 g/mol. The van der Waals surface area contributed by atoms with Crippen LogP contribution in [-0.2, 0) is 10.0 Å². The van der Waals surface area contributed by atoms with Gasteiger partial charge >= 0.3 is 0 Å². The average Bonchev–Trinajstić information content (AvgIpc) is 2.47. The predicted molar refractivity (Wildman–Crippen MR) is 84.2 cm³/mol. The van der Waals surface area contributed by atoms with E-state index in [2.05, 4.69) is 34.7 Å². The molecule has 0 bridgehead atoms. The second-order valence-electron chi connectivity index (χ2n) is 5.13. The summed E-state index contributed by atoms with van der Waals surface area (Å²) in [6.45, 7) is 7.09. The van der Waals surface area contributed by atoms with Crippen molar-refractivity contribution in [1.82, 2.24) is 9.21 Å². The lowest BCUT2D eigenvalue weighted by molar-refractivity contribution is 0.142. The van der Waals surface area contributed by atoms with Gasteiger partial charge in [0, 0.05) is 36.7 Å². The van der Waals surface area contributed by atoms with E-state index in [9.17, 15) is 8.42 Å². The molecule has 1 fully saturated rings. The van der Waals surface area contributed by atoms with Crippen molar-refractivity contribution in [3.05, 3.63) is 28.7 Å². The Kier molecular flexibility index (Phi) is 5.23. The van der Waals surface area contributed by atoms with Crippen molar-refractivity contribution in [2.45, 2.75) is 31.2 Å². The molecule has 0 amide bonds. The molecule has 2 rings (SSSR count). The van der Waals surface area contributed by atoms with Gasteiger partial charge in [-0.25, -0.2) is 8.42 Å². The first kappa shape index (κ1) is 15.9. The number of sulfonamides is 1. The van der Waals surface area contributed by atoms with E-state index >= 15 is 0 Å². The van der Waals surface area contributed by atoms with Gasteiger partial charge in [0.05, 0.1) is 4.90 Å². The van der Waals surface area contributed by atoms with Gasteiger partial charge in [0.15, 0.2) is 0 Å². The Labute approximate surface area is 129 Å². The molecule has 1 unspecified atom stereocenters. The Morgan fingerprint density at radius 1 is 1.20 bits per heavy atom. The highest BCUT2D eigenvalue weighted by molar-refractivity contribution is 9.10. The van der Waals surface area contributed by atoms with E-state index in [4.69, 9.17) is 0 Å². The summed E-state index contributed by atoms with van der Waals surface area (Å²) >= 11 is 3.33. The Morgan fingerprint density at radius 3 is 2.35 bits per heavy atom. The first-order chi connectivity index (χ1) is 9.46. The third-order valence-electron chi connectivity index (χ3n) is 3.94. The van der Waals surface area contributed by atoms with Gasteiger partial charge < -0.3 is 0 Å². The van der Waals surface area contributed by atoms with Crippen LogP contribution in [0.25, 0.3) is 0 Å². The van der Waals surface area contributed by atoms with Crippen molar-refractivity contribution >= 4 is 26.0 Å². The molecule has 1 heterocycles. The highest BCUT2D eigenvalue weighted by atomic mass is 79.9. The Bertz CT molecular complexity index is 554. The standard InChI is InChI=1S/C14H21BrN2O2S/c1-3-12(2)16-8-10-17(11-9-16)20(18,19)14-7-5-4-6-13(14)15/h4-7,12H,3,8-11H2,1-2H3. The fraction of sp³-hybridized carbons (Fsp3) is 0.571. The van der Waals surface area contributed by atoms with Crippen LogP contribution in [0.5, 0.6) is 0 Å². The first-order valence-electron chi connectivity index (χ1n) is 6.95. The second-order valence-corrected chi connectivity index (χ2v) is 7.89. The monoisotopic (exact) mass is 360 g/mol. The molecule has 1 saturated heterocycles. The SMILES string of the molecule is CCC(C)N1CCN(S(=O)(=O)c2ccccc2Br)CC1. The van der Waals surface area contributed by atoms with E-state index in [0.717, 1.165) is 19.5 Å². The molecule has 6 heteroatoms. The summed E-state index contributed by atoms with van der Waals surface area (Å²) in [7, 11) is -3.39. The summed E-state index contributed by atoms with van der Waals surface area (Å²) in [5.41, 5.74) is 0. The van der Waals surface area contributed by atoms with E-state index in [1.807, 2.05) is 6.07 Å². The highest BCUT2D eigenvalue weighted by Crippen LogP contribution is 2.25. The summed E-state index contributed by atoms with van der Waals surface area (Å²) in [6, 6.07) is 7.52. The molecule has 0 aliphatic carbocycles. The maximum atomic E-state index is 12.6. The fourth-order valence-corrected chi connectivity index (χ4v) is 4.82. The van der Waals surface area contributed by atoms with Crippen LogP contribution in [0.3, 0.4) is 0 Å². The van der Waals surface area contributed by atoms with Crippen molar-refractivity contribution in [2.75, 3.05) is 26.2 Å². The van der Waals surface area contributed by atoms with Crippen molar-refractivity contribution in [2.24, 2.45) is 0 Å². The molecule has 0 spiro atoms. The van der Waals surface area contributed by atoms with Gasteiger partial charge in [-0.15, -0.1) is 0 Å². The molecular formula is C14H21BrN2O2S. The maximum Gasteiger partial charge on any atom is 0.244 e. The molecule has 1 atom stereocenters. The van der Waals surface area contributed by atoms with E-state index in [0.29, 0.717) is 28.5 Å². The number of halogens is 1. The Hall–Kier alpha value is -0.430. The number of nitrogens with zero attached hydrogens (tertiary/aromatic N) is 2. The van der Waals surface area contributed by atoms with Crippen LogP contribution < -0.4 is 0 Å². The van der Waals surface area contributed by atoms with Crippen molar-refractivity contribution in [3.8, 4) is 0 Å². The van der Waals surface area contributed by atoms with Gasteiger partial charge in [0.2, 0.25) is 10.0 Å². The second kappa shape index (κ2) is 6.56. The molecule has 0 N–H and O–H groups in total. The van der Waals surface area contributed by atoms with Crippen molar-refractivity contribution in [3.63, 3.8) is 0 Å².